The lowest BCUT2D eigenvalue weighted by atomic mass is 10.0. The largest absolute Gasteiger partial charge is 0.202 e. The first kappa shape index (κ1) is 12.7. The summed E-state index contributed by atoms with van der Waals surface area (Å²) in [5.74, 6) is 0. The second kappa shape index (κ2) is 8.31. The van der Waals surface area contributed by atoms with Crippen LogP contribution in [0.2, 0.25) is 0 Å². The first-order valence-corrected chi connectivity index (χ1v) is 5.15. The van der Waals surface area contributed by atoms with Gasteiger partial charge in [0.15, 0.2) is 0 Å². The molecule has 0 N–H and O–H groups in total. The molecule has 1 aromatic rings. The van der Waals surface area contributed by atoms with Gasteiger partial charge in [0.25, 0.3) is 0 Å². The van der Waals surface area contributed by atoms with Crippen LogP contribution in [0.4, 0.5) is 0 Å². The molecule has 1 aromatic carbocycles. The van der Waals surface area contributed by atoms with Gasteiger partial charge in [-0.1, -0.05) is 44.0 Å². The Labute approximate surface area is 87.4 Å². The van der Waals surface area contributed by atoms with E-state index in [9.17, 15) is 0 Å². The summed E-state index contributed by atoms with van der Waals surface area (Å²) >= 11 is 0. The predicted molar refractivity (Wildman–Crippen MR) is 61.1 cm³/mol. The minimum atomic E-state index is 1.25. The molecule has 0 saturated heterocycles. The highest BCUT2D eigenvalue weighted by atomic mass is 14.2. The molecule has 1 heteroatoms. The van der Waals surface area contributed by atoms with Crippen molar-refractivity contribution < 1.29 is 0 Å². The lowest BCUT2D eigenvalue weighted by Crippen LogP contribution is -1.88. The van der Waals surface area contributed by atoms with Gasteiger partial charge in [0, 0.05) is 6.57 Å². The molecule has 0 fully saturated rings. The number of hydrogen-bond acceptors (Lipinski definition) is 1. The minimum Gasteiger partial charge on any atom is -0.202 e. The molecular weight excluding hydrogens is 170 g/mol. The number of unbranched alkanes of at least 4 members (excludes halogenated alkanes) is 2. The fourth-order valence-corrected chi connectivity index (χ4v) is 1.46. The van der Waals surface area contributed by atoms with E-state index in [4.69, 9.17) is 5.26 Å². The van der Waals surface area contributed by atoms with Gasteiger partial charge < -0.3 is 0 Å². The van der Waals surface area contributed by atoms with Crippen molar-refractivity contribution in [2.75, 3.05) is 0 Å². The Bertz CT molecular complexity index is 263. The molecule has 0 unspecified atom stereocenters. The molecule has 0 spiro atoms. The molecule has 0 aliphatic rings. The Morgan fingerprint density at radius 2 is 1.79 bits per heavy atom. The molecule has 0 aliphatic heterocycles. The zero-order chi connectivity index (χ0) is 10.8. The van der Waals surface area contributed by atoms with E-state index < -0.39 is 0 Å². The molecular formula is C13H19N. The van der Waals surface area contributed by atoms with Crippen LogP contribution in [0.15, 0.2) is 24.3 Å². The average Bonchev–Trinajstić information content (AvgIpc) is 2.24. The van der Waals surface area contributed by atoms with Gasteiger partial charge in [-0.15, -0.1) is 0 Å². The Balaban J connectivity index is 0.000000791. The van der Waals surface area contributed by atoms with Crippen LogP contribution in [0.3, 0.4) is 0 Å². The van der Waals surface area contributed by atoms with Crippen LogP contribution < -0.4 is 0 Å². The maximum Gasteiger partial charge on any atom is 0.0462 e. The standard InChI is InChI=1S/C12H18.CHN/c1-3-4-5-9-12-10-7-6-8-11(12)2;1-2/h6-8,10H,3-5,9H2,1-2H3;1H. The fraction of sp³-hybridized carbons (Fsp3) is 0.462. The summed E-state index contributed by atoms with van der Waals surface area (Å²) in [6.45, 7) is 7.94. The summed E-state index contributed by atoms with van der Waals surface area (Å²) < 4.78 is 0. The molecule has 1 rings (SSSR count). The van der Waals surface area contributed by atoms with E-state index in [-0.39, 0.29) is 0 Å². The van der Waals surface area contributed by atoms with Crippen LogP contribution in [0.5, 0.6) is 0 Å². The second-order valence-corrected chi connectivity index (χ2v) is 3.38. The smallest absolute Gasteiger partial charge is 0.0462 e. The number of hydrogen-bond donors (Lipinski definition) is 0. The summed E-state index contributed by atoms with van der Waals surface area (Å²) in [5.41, 5.74) is 2.96. The molecule has 0 bridgehead atoms. The van der Waals surface area contributed by atoms with Crippen molar-refractivity contribution in [3.05, 3.63) is 35.4 Å². The monoisotopic (exact) mass is 189 g/mol. The topological polar surface area (TPSA) is 23.8 Å². The number of rotatable bonds is 4. The van der Waals surface area contributed by atoms with E-state index in [1.165, 1.54) is 36.8 Å². The van der Waals surface area contributed by atoms with E-state index in [1.54, 1.807) is 0 Å². The predicted octanol–water partition coefficient (Wildman–Crippen LogP) is 3.87. The molecule has 0 saturated carbocycles. The maximum absolute atomic E-state index is 6.50. The lowest BCUT2D eigenvalue weighted by molar-refractivity contribution is 0.715. The van der Waals surface area contributed by atoms with Crippen LogP contribution in [-0.4, -0.2) is 0 Å². The summed E-state index contributed by atoms with van der Waals surface area (Å²) in [4.78, 5) is 0. The fourth-order valence-electron chi connectivity index (χ4n) is 1.46. The van der Waals surface area contributed by atoms with Gasteiger partial charge in [0.1, 0.15) is 0 Å². The normalized spacial score (nSPS) is 8.86. The number of nitrogens with zero attached hydrogens (tertiary/aromatic N) is 1. The first-order valence-electron chi connectivity index (χ1n) is 5.15. The molecule has 76 valence electrons. The van der Waals surface area contributed by atoms with Gasteiger partial charge in [-0.2, -0.15) is 0 Å². The molecule has 0 amide bonds. The van der Waals surface area contributed by atoms with Gasteiger partial charge in [-0.3, -0.25) is 0 Å². The molecule has 1 nitrogen and oxygen atoms in total. The first-order chi connectivity index (χ1) is 6.84. The van der Waals surface area contributed by atoms with Gasteiger partial charge in [-0.25, -0.2) is 5.26 Å². The van der Waals surface area contributed by atoms with Gasteiger partial charge in [-0.05, 0) is 30.9 Å². The van der Waals surface area contributed by atoms with Crippen molar-refractivity contribution in [2.45, 2.75) is 39.5 Å². The van der Waals surface area contributed by atoms with Crippen molar-refractivity contribution in [3.63, 3.8) is 0 Å². The Morgan fingerprint density at radius 3 is 2.36 bits per heavy atom. The molecule has 0 atom stereocenters. The van der Waals surface area contributed by atoms with Crippen molar-refractivity contribution >= 4 is 0 Å². The summed E-state index contributed by atoms with van der Waals surface area (Å²) in [6.07, 6.45) is 5.25. The highest BCUT2D eigenvalue weighted by Gasteiger charge is 1.95. The van der Waals surface area contributed by atoms with Gasteiger partial charge >= 0.3 is 0 Å². The molecule has 0 heterocycles. The number of aryl methyl sites for hydroxylation is 2. The van der Waals surface area contributed by atoms with Crippen molar-refractivity contribution in [2.24, 2.45) is 0 Å². The third-order valence-electron chi connectivity index (χ3n) is 2.31. The summed E-state index contributed by atoms with van der Waals surface area (Å²) in [5, 5.41) is 6.50. The maximum atomic E-state index is 6.50. The van der Waals surface area contributed by atoms with Crippen molar-refractivity contribution in [3.8, 4) is 6.57 Å². The lowest BCUT2D eigenvalue weighted by Gasteiger charge is -2.03. The second-order valence-electron chi connectivity index (χ2n) is 3.38. The molecule has 0 aliphatic carbocycles. The van der Waals surface area contributed by atoms with Crippen LogP contribution >= 0.6 is 0 Å². The van der Waals surface area contributed by atoms with E-state index in [0.717, 1.165) is 0 Å². The van der Waals surface area contributed by atoms with Crippen molar-refractivity contribution in [1.82, 2.24) is 0 Å². The zero-order valence-electron chi connectivity index (χ0n) is 9.16. The zero-order valence-corrected chi connectivity index (χ0v) is 9.16. The quantitative estimate of drug-likeness (QED) is 0.660. The summed E-state index contributed by atoms with van der Waals surface area (Å²) in [7, 11) is 0. The van der Waals surface area contributed by atoms with Crippen LogP contribution in [0.1, 0.15) is 37.3 Å². The third kappa shape index (κ3) is 4.67. The number of benzene rings is 1. The van der Waals surface area contributed by atoms with E-state index in [0.29, 0.717) is 0 Å². The van der Waals surface area contributed by atoms with Crippen LogP contribution in [-0.2, 0) is 6.42 Å². The minimum absolute atomic E-state index is 1.25. The van der Waals surface area contributed by atoms with Crippen LogP contribution in [0, 0.1) is 18.8 Å². The third-order valence-corrected chi connectivity index (χ3v) is 2.31. The molecule has 14 heavy (non-hydrogen) atoms. The Morgan fingerprint density at radius 1 is 1.14 bits per heavy atom. The Hall–Kier alpha value is -1.29. The van der Waals surface area contributed by atoms with E-state index in [1.807, 2.05) is 0 Å². The van der Waals surface area contributed by atoms with E-state index in [2.05, 4.69) is 44.7 Å². The highest BCUT2D eigenvalue weighted by Crippen LogP contribution is 2.10. The van der Waals surface area contributed by atoms with Crippen molar-refractivity contribution in [1.29, 1.82) is 5.26 Å². The Kier molecular flexibility index (Phi) is 7.55. The van der Waals surface area contributed by atoms with Gasteiger partial charge in [0.2, 0.25) is 0 Å². The average molecular weight is 189 g/mol. The van der Waals surface area contributed by atoms with E-state index >= 15 is 0 Å². The van der Waals surface area contributed by atoms with Crippen LogP contribution in [0.25, 0.3) is 0 Å². The molecule has 0 aromatic heterocycles. The SMILES string of the molecule is C#N.CCCCCc1ccccc1C. The summed E-state index contributed by atoms with van der Waals surface area (Å²) in [6, 6.07) is 8.68. The van der Waals surface area contributed by atoms with Gasteiger partial charge in [0.05, 0.1) is 0 Å². The highest BCUT2D eigenvalue weighted by molar-refractivity contribution is 5.25. The molecule has 0 radical (unpaired) electrons. The number of nitriles is 1.